The third kappa shape index (κ3) is 1.83. The molecule has 0 aliphatic heterocycles. The van der Waals surface area contributed by atoms with Crippen molar-refractivity contribution in [2.24, 2.45) is 0 Å². The van der Waals surface area contributed by atoms with E-state index in [1.54, 1.807) is 24.5 Å². The second-order valence-corrected chi connectivity index (χ2v) is 3.82. The molecule has 0 radical (unpaired) electrons. The molecule has 17 heavy (non-hydrogen) atoms. The SMILES string of the molecule is Oc1ccc2nc(-c3cccnc3)ccc2c1. The minimum Gasteiger partial charge on any atom is -0.508 e. The first-order chi connectivity index (χ1) is 8.33. The van der Waals surface area contributed by atoms with Crippen molar-refractivity contribution >= 4 is 10.9 Å². The van der Waals surface area contributed by atoms with Gasteiger partial charge in [0.15, 0.2) is 0 Å². The molecule has 0 spiro atoms. The van der Waals surface area contributed by atoms with Gasteiger partial charge >= 0.3 is 0 Å². The number of aromatic hydroxyl groups is 1. The largest absolute Gasteiger partial charge is 0.508 e. The number of nitrogens with zero attached hydrogens (tertiary/aromatic N) is 2. The van der Waals surface area contributed by atoms with Crippen LogP contribution in [0.1, 0.15) is 0 Å². The van der Waals surface area contributed by atoms with E-state index < -0.39 is 0 Å². The van der Waals surface area contributed by atoms with Crippen LogP contribution in [0.2, 0.25) is 0 Å². The van der Waals surface area contributed by atoms with Crippen molar-refractivity contribution in [1.29, 1.82) is 0 Å². The van der Waals surface area contributed by atoms with Crippen LogP contribution >= 0.6 is 0 Å². The summed E-state index contributed by atoms with van der Waals surface area (Å²) < 4.78 is 0. The normalized spacial score (nSPS) is 10.6. The van der Waals surface area contributed by atoms with Crippen LogP contribution in [-0.2, 0) is 0 Å². The number of aromatic nitrogens is 2. The van der Waals surface area contributed by atoms with Crippen LogP contribution in [0.25, 0.3) is 22.2 Å². The van der Waals surface area contributed by atoms with Crippen molar-refractivity contribution in [3.05, 3.63) is 54.9 Å². The van der Waals surface area contributed by atoms with Gasteiger partial charge < -0.3 is 5.11 Å². The van der Waals surface area contributed by atoms with E-state index in [9.17, 15) is 5.11 Å². The van der Waals surface area contributed by atoms with Crippen LogP contribution in [0.4, 0.5) is 0 Å². The molecule has 82 valence electrons. The highest BCUT2D eigenvalue weighted by molar-refractivity contribution is 5.82. The van der Waals surface area contributed by atoms with Gasteiger partial charge in [-0.1, -0.05) is 6.07 Å². The minimum atomic E-state index is 0.258. The van der Waals surface area contributed by atoms with Crippen molar-refractivity contribution in [2.75, 3.05) is 0 Å². The standard InChI is InChI=1S/C14H10N2O/c17-12-4-6-13-10(8-12)3-5-14(16-13)11-2-1-7-15-9-11/h1-9,17H. The molecule has 0 amide bonds. The fourth-order valence-corrected chi connectivity index (χ4v) is 1.79. The molecule has 0 atom stereocenters. The topological polar surface area (TPSA) is 46.0 Å². The molecule has 0 aliphatic carbocycles. The van der Waals surface area contributed by atoms with E-state index in [4.69, 9.17) is 0 Å². The van der Waals surface area contributed by atoms with E-state index in [0.717, 1.165) is 22.2 Å². The monoisotopic (exact) mass is 222 g/mol. The van der Waals surface area contributed by atoms with E-state index in [-0.39, 0.29) is 5.75 Å². The highest BCUT2D eigenvalue weighted by atomic mass is 16.3. The molecule has 0 bridgehead atoms. The second-order valence-electron chi connectivity index (χ2n) is 3.82. The first-order valence-corrected chi connectivity index (χ1v) is 5.33. The molecule has 0 unspecified atom stereocenters. The quantitative estimate of drug-likeness (QED) is 0.688. The van der Waals surface area contributed by atoms with Crippen molar-refractivity contribution in [3.63, 3.8) is 0 Å². The Kier molecular flexibility index (Phi) is 2.22. The van der Waals surface area contributed by atoms with Gasteiger partial charge in [0, 0.05) is 23.3 Å². The summed E-state index contributed by atoms with van der Waals surface area (Å²) in [6.45, 7) is 0. The maximum absolute atomic E-state index is 9.38. The number of benzene rings is 1. The summed E-state index contributed by atoms with van der Waals surface area (Å²) in [6.07, 6.45) is 3.52. The molecule has 2 heterocycles. The lowest BCUT2D eigenvalue weighted by molar-refractivity contribution is 0.476. The maximum Gasteiger partial charge on any atom is 0.116 e. The van der Waals surface area contributed by atoms with Gasteiger partial charge in [0.25, 0.3) is 0 Å². The van der Waals surface area contributed by atoms with Crippen LogP contribution in [-0.4, -0.2) is 15.1 Å². The number of pyridine rings is 2. The molecule has 0 aliphatic rings. The van der Waals surface area contributed by atoms with Crippen LogP contribution in [0.3, 0.4) is 0 Å². The van der Waals surface area contributed by atoms with Gasteiger partial charge in [-0.05, 0) is 36.4 Å². The molecule has 3 heteroatoms. The third-order valence-corrected chi connectivity index (χ3v) is 2.63. The van der Waals surface area contributed by atoms with Gasteiger partial charge in [-0.3, -0.25) is 4.98 Å². The van der Waals surface area contributed by atoms with Gasteiger partial charge in [-0.25, -0.2) is 4.98 Å². The zero-order valence-corrected chi connectivity index (χ0v) is 9.04. The first-order valence-electron chi connectivity index (χ1n) is 5.33. The highest BCUT2D eigenvalue weighted by Gasteiger charge is 2.01. The number of phenolic OH excluding ortho intramolecular Hbond substituents is 1. The van der Waals surface area contributed by atoms with Gasteiger partial charge in [0.2, 0.25) is 0 Å². The summed E-state index contributed by atoms with van der Waals surface area (Å²) in [4.78, 5) is 8.61. The summed E-state index contributed by atoms with van der Waals surface area (Å²) in [5.74, 6) is 0.258. The van der Waals surface area contributed by atoms with Crippen molar-refractivity contribution in [3.8, 4) is 17.0 Å². The molecule has 1 N–H and O–H groups in total. The van der Waals surface area contributed by atoms with E-state index in [2.05, 4.69) is 9.97 Å². The smallest absolute Gasteiger partial charge is 0.116 e. The average Bonchev–Trinajstić information content (AvgIpc) is 2.39. The van der Waals surface area contributed by atoms with Crippen LogP contribution in [0, 0.1) is 0 Å². The molecule has 2 aromatic heterocycles. The lowest BCUT2D eigenvalue weighted by atomic mass is 10.1. The van der Waals surface area contributed by atoms with Crippen molar-refractivity contribution in [1.82, 2.24) is 9.97 Å². The Morgan fingerprint density at radius 2 is 1.94 bits per heavy atom. The van der Waals surface area contributed by atoms with E-state index in [0.29, 0.717) is 0 Å². The molecule has 0 fully saturated rings. The van der Waals surface area contributed by atoms with Crippen LogP contribution < -0.4 is 0 Å². The minimum absolute atomic E-state index is 0.258. The molecule has 3 nitrogen and oxygen atoms in total. The fourth-order valence-electron chi connectivity index (χ4n) is 1.79. The summed E-state index contributed by atoms with van der Waals surface area (Å²) in [6, 6.07) is 12.9. The van der Waals surface area contributed by atoms with Gasteiger partial charge in [0.05, 0.1) is 11.2 Å². The predicted molar refractivity (Wildman–Crippen MR) is 66.6 cm³/mol. The van der Waals surface area contributed by atoms with E-state index in [1.807, 2.05) is 30.3 Å². The Hall–Kier alpha value is -2.42. The molecular formula is C14H10N2O. The molecule has 3 aromatic rings. The Morgan fingerprint density at radius 3 is 2.76 bits per heavy atom. The number of rotatable bonds is 1. The zero-order chi connectivity index (χ0) is 11.7. The molecule has 3 rings (SSSR count). The summed E-state index contributed by atoms with van der Waals surface area (Å²) in [5.41, 5.74) is 2.74. The predicted octanol–water partition coefficient (Wildman–Crippen LogP) is 3.00. The Balaban J connectivity index is 2.17. The fraction of sp³-hybridized carbons (Fsp3) is 0. The Morgan fingerprint density at radius 1 is 1.00 bits per heavy atom. The highest BCUT2D eigenvalue weighted by Crippen LogP contribution is 2.22. The second kappa shape index (κ2) is 3.87. The first kappa shape index (κ1) is 9.78. The molecular weight excluding hydrogens is 212 g/mol. The Labute approximate surface area is 98.4 Å². The summed E-state index contributed by atoms with van der Waals surface area (Å²) in [5, 5.41) is 10.3. The van der Waals surface area contributed by atoms with Gasteiger partial charge in [0.1, 0.15) is 5.75 Å². The number of hydrogen-bond acceptors (Lipinski definition) is 3. The molecule has 0 saturated carbocycles. The summed E-state index contributed by atoms with van der Waals surface area (Å²) >= 11 is 0. The number of phenols is 1. The molecule has 1 aromatic carbocycles. The van der Waals surface area contributed by atoms with Crippen LogP contribution in [0.5, 0.6) is 5.75 Å². The summed E-state index contributed by atoms with van der Waals surface area (Å²) in [7, 11) is 0. The number of fused-ring (bicyclic) bond motifs is 1. The average molecular weight is 222 g/mol. The Bertz CT molecular complexity index is 665. The molecule has 0 saturated heterocycles. The third-order valence-electron chi connectivity index (χ3n) is 2.63. The van der Waals surface area contributed by atoms with Crippen molar-refractivity contribution < 1.29 is 5.11 Å². The van der Waals surface area contributed by atoms with Crippen LogP contribution in [0.15, 0.2) is 54.9 Å². The van der Waals surface area contributed by atoms with E-state index >= 15 is 0 Å². The number of hydrogen-bond donors (Lipinski definition) is 1. The van der Waals surface area contributed by atoms with Crippen molar-refractivity contribution in [2.45, 2.75) is 0 Å². The van der Waals surface area contributed by atoms with Gasteiger partial charge in [-0.2, -0.15) is 0 Å². The zero-order valence-electron chi connectivity index (χ0n) is 9.04. The van der Waals surface area contributed by atoms with Gasteiger partial charge in [-0.15, -0.1) is 0 Å². The lowest BCUT2D eigenvalue weighted by Crippen LogP contribution is -1.85. The van der Waals surface area contributed by atoms with E-state index in [1.165, 1.54) is 0 Å². The lowest BCUT2D eigenvalue weighted by Gasteiger charge is -2.03. The maximum atomic E-state index is 9.38.